The van der Waals surface area contributed by atoms with Gasteiger partial charge in [0, 0.05) is 15.9 Å². The number of nitrogens with one attached hydrogen (secondary N) is 1. The second kappa shape index (κ2) is 7.65. The van der Waals surface area contributed by atoms with Gasteiger partial charge < -0.3 is 14.5 Å². The number of benzene rings is 2. The minimum absolute atomic E-state index is 0.0389. The Bertz CT molecular complexity index is 839. The summed E-state index contributed by atoms with van der Waals surface area (Å²) in [6.07, 6.45) is 0. The van der Waals surface area contributed by atoms with Gasteiger partial charge in [0.05, 0.1) is 17.9 Å². The third kappa shape index (κ3) is 3.82. The number of rotatable bonds is 5. The molecule has 1 amide bonds. The number of anilines is 2. The summed E-state index contributed by atoms with van der Waals surface area (Å²) in [7, 11) is 0. The lowest BCUT2D eigenvalue weighted by molar-refractivity contribution is -0.117. The van der Waals surface area contributed by atoms with Crippen molar-refractivity contribution in [3.05, 3.63) is 62.9 Å². The smallest absolute Gasteiger partial charge is 0.247 e. The first-order valence-corrected chi connectivity index (χ1v) is 8.48. The lowest BCUT2D eigenvalue weighted by Gasteiger charge is -2.37. The van der Waals surface area contributed by atoms with E-state index in [0.717, 1.165) is 15.7 Å². The highest BCUT2D eigenvalue weighted by molar-refractivity contribution is 9.10. The van der Waals surface area contributed by atoms with Crippen LogP contribution in [0.15, 0.2) is 52.1 Å². The van der Waals surface area contributed by atoms with Crippen LogP contribution in [0.25, 0.3) is 10.4 Å². The molecule has 0 radical (unpaired) electrons. The van der Waals surface area contributed by atoms with Gasteiger partial charge in [-0.15, -0.1) is 0 Å². The molecule has 128 valence electrons. The number of halogens is 2. The molecule has 7 nitrogen and oxygen atoms in total. The Kier molecular flexibility index (Phi) is 5.33. The van der Waals surface area contributed by atoms with Gasteiger partial charge >= 0.3 is 0 Å². The number of amides is 1. The molecule has 9 heteroatoms. The molecule has 0 fully saturated rings. The predicted molar refractivity (Wildman–Crippen MR) is 99.7 cm³/mol. The van der Waals surface area contributed by atoms with Crippen LogP contribution in [-0.2, 0) is 11.3 Å². The molecule has 25 heavy (non-hydrogen) atoms. The molecule has 0 aromatic heterocycles. The van der Waals surface area contributed by atoms with Crippen LogP contribution in [0.1, 0.15) is 5.56 Å². The molecule has 0 saturated carbocycles. The zero-order valence-electron chi connectivity index (χ0n) is 12.9. The molecule has 1 atom stereocenters. The lowest BCUT2D eigenvalue weighted by Crippen LogP contribution is -2.49. The average molecular weight is 423 g/mol. The Morgan fingerprint density at radius 3 is 2.76 bits per heavy atom. The average Bonchev–Trinajstić information content (AvgIpc) is 2.62. The third-order valence-corrected chi connectivity index (χ3v) is 4.56. The van der Waals surface area contributed by atoms with Crippen molar-refractivity contribution < 1.29 is 9.08 Å². The number of azide groups is 1. The van der Waals surface area contributed by atoms with Gasteiger partial charge in [-0.05, 0) is 41.4 Å². The molecule has 1 aliphatic heterocycles. The summed E-state index contributed by atoms with van der Waals surface area (Å²) in [5, 5.41) is 6.45. The number of carbonyl (C=O) groups is 1. The Balaban J connectivity index is 1.98. The summed E-state index contributed by atoms with van der Waals surface area (Å²) in [6.45, 7) is 0.502. The summed E-state index contributed by atoms with van der Waals surface area (Å²) >= 11 is 8.80. The molecule has 1 aliphatic rings. The number of hydrogen-bond donors (Lipinski definition) is 1. The van der Waals surface area contributed by atoms with Crippen LogP contribution in [0, 0.1) is 0 Å². The minimum atomic E-state index is -0.596. The molecule has 2 aromatic rings. The topological polar surface area (TPSA) is 90.3 Å². The van der Waals surface area contributed by atoms with Crippen molar-refractivity contribution in [2.24, 2.45) is 5.11 Å². The van der Waals surface area contributed by atoms with E-state index in [1.165, 1.54) is 0 Å². The summed E-state index contributed by atoms with van der Waals surface area (Å²) < 4.78 is 5.55. The fourth-order valence-corrected chi connectivity index (χ4v) is 3.16. The Labute approximate surface area is 157 Å². The third-order valence-electron chi connectivity index (χ3n) is 3.89. The van der Waals surface area contributed by atoms with Gasteiger partial charge in [-0.2, -0.15) is 0 Å². The van der Waals surface area contributed by atoms with E-state index >= 15 is 0 Å². The van der Waals surface area contributed by atoms with Crippen molar-refractivity contribution >= 4 is 45.1 Å². The maximum absolute atomic E-state index is 12.5. The van der Waals surface area contributed by atoms with Crippen molar-refractivity contribution in [3.8, 4) is 5.75 Å². The zero-order chi connectivity index (χ0) is 17.8. The molecule has 1 N–H and O–H groups in total. The van der Waals surface area contributed by atoms with Crippen LogP contribution in [0.5, 0.6) is 5.75 Å². The van der Waals surface area contributed by atoms with Crippen molar-refractivity contribution in [1.82, 2.24) is 0 Å². The first kappa shape index (κ1) is 17.4. The van der Waals surface area contributed by atoms with Crippen LogP contribution in [0.4, 0.5) is 11.4 Å². The molecule has 0 aliphatic carbocycles. The quantitative estimate of drug-likeness (QED) is 0.433. The molecule has 0 spiro atoms. The second-order valence-electron chi connectivity index (χ2n) is 5.43. The van der Waals surface area contributed by atoms with Gasteiger partial charge in [-0.1, -0.05) is 33.2 Å². The van der Waals surface area contributed by atoms with Crippen molar-refractivity contribution in [2.45, 2.75) is 12.6 Å². The largest absolute Gasteiger partial charge is 0.386 e. The monoisotopic (exact) mass is 421 g/mol. The Morgan fingerprint density at radius 1 is 1.32 bits per heavy atom. The van der Waals surface area contributed by atoms with E-state index in [-0.39, 0.29) is 12.5 Å². The maximum Gasteiger partial charge on any atom is 0.247 e. The van der Waals surface area contributed by atoms with E-state index in [4.69, 9.17) is 17.4 Å². The highest BCUT2D eigenvalue weighted by atomic mass is 79.9. The van der Waals surface area contributed by atoms with Crippen LogP contribution in [0.2, 0.25) is 0 Å². The van der Waals surface area contributed by atoms with E-state index in [2.05, 4.69) is 35.6 Å². The van der Waals surface area contributed by atoms with Crippen molar-refractivity contribution in [2.75, 3.05) is 16.8 Å². The lowest BCUT2D eigenvalue weighted by atomic mass is 10.1. The Morgan fingerprint density at radius 2 is 2.08 bits per heavy atom. The molecule has 2 aromatic carbocycles. The van der Waals surface area contributed by atoms with E-state index in [9.17, 15) is 4.79 Å². The highest BCUT2D eigenvalue weighted by Crippen LogP contribution is 2.35. The fourth-order valence-electron chi connectivity index (χ4n) is 2.71. The number of carbonyl (C=O) groups excluding carboxylic acids is 1. The number of hydrogen-bond acceptors (Lipinski definition) is 4. The number of fused-ring (bicyclic) bond motifs is 1. The predicted octanol–water partition coefficient (Wildman–Crippen LogP) is 4.62. The first-order chi connectivity index (χ1) is 12.1. The highest BCUT2D eigenvalue weighted by Gasteiger charge is 2.32. The van der Waals surface area contributed by atoms with Gasteiger partial charge in [0.15, 0.2) is 0 Å². The van der Waals surface area contributed by atoms with Gasteiger partial charge in [0.25, 0.3) is 0 Å². The summed E-state index contributed by atoms with van der Waals surface area (Å²) in [6, 6.07) is 12.2. The van der Waals surface area contributed by atoms with Crippen LogP contribution in [0.3, 0.4) is 0 Å². The van der Waals surface area contributed by atoms with Gasteiger partial charge in [0.1, 0.15) is 23.7 Å². The molecular formula is C16H13BrClN5O2. The van der Waals surface area contributed by atoms with E-state index in [1.54, 1.807) is 12.1 Å². The van der Waals surface area contributed by atoms with Crippen molar-refractivity contribution in [1.29, 1.82) is 0 Å². The molecular weight excluding hydrogens is 410 g/mol. The van der Waals surface area contributed by atoms with Crippen LogP contribution in [-0.4, -0.2) is 18.5 Å². The summed E-state index contributed by atoms with van der Waals surface area (Å²) in [5.41, 5.74) is 11.2. The van der Waals surface area contributed by atoms with Crippen LogP contribution < -0.4 is 14.5 Å². The molecule has 0 saturated heterocycles. The molecule has 0 unspecified atom stereocenters. The first-order valence-electron chi connectivity index (χ1n) is 7.38. The van der Waals surface area contributed by atoms with Gasteiger partial charge in [-0.25, -0.2) is 0 Å². The minimum Gasteiger partial charge on any atom is -0.386 e. The Hall–Kier alpha value is -2.41. The molecule has 1 heterocycles. The van der Waals surface area contributed by atoms with Crippen molar-refractivity contribution in [3.63, 3.8) is 0 Å². The molecule has 3 rings (SSSR count). The number of nitrogens with zero attached hydrogens (tertiary/aromatic N) is 4. The summed E-state index contributed by atoms with van der Waals surface area (Å²) in [4.78, 5) is 17.2. The van der Waals surface area contributed by atoms with Gasteiger partial charge in [0.2, 0.25) is 5.91 Å². The summed E-state index contributed by atoms with van der Waals surface area (Å²) in [5.74, 6) is 0.332. The SMILES string of the molecule is [N-]=[N+]=NC[C@@H]1C(=O)Nc2ccc(Br)cc2N1Cc1ccc(OCl)cc1. The normalized spacial score (nSPS) is 15.8. The second-order valence-corrected chi connectivity index (χ2v) is 6.50. The van der Waals surface area contributed by atoms with E-state index < -0.39 is 6.04 Å². The maximum atomic E-state index is 12.5. The molecule has 0 bridgehead atoms. The van der Waals surface area contributed by atoms with E-state index in [1.807, 2.05) is 35.2 Å². The van der Waals surface area contributed by atoms with Crippen LogP contribution >= 0.6 is 27.8 Å². The standard InChI is InChI=1S/C16H13BrClN5O2/c17-11-3-6-13-14(7-11)23(15(8-20-22-19)16(24)21-13)9-10-1-4-12(25-18)5-2-10/h1-7,15H,8-9H2,(H,21,24)/t15-/m1/s1. The van der Waals surface area contributed by atoms with E-state index in [0.29, 0.717) is 18.0 Å². The zero-order valence-corrected chi connectivity index (χ0v) is 15.2. The van der Waals surface area contributed by atoms with Gasteiger partial charge in [-0.3, -0.25) is 4.79 Å². The fraction of sp³-hybridized carbons (Fsp3) is 0.188.